The third-order valence-corrected chi connectivity index (χ3v) is 5.38. The summed E-state index contributed by atoms with van der Waals surface area (Å²) in [5.74, 6) is 1.43. The van der Waals surface area contributed by atoms with E-state index in [0.29, 0.717) is 12.4 Å². The van der Waals surface area contributed by atoms with Crippen molar-refractivity contribution in [3.63, 3.8) is 0 Å². The third kappa shape index (κ3) is 6.98. The smallest absolute Gasteiger partial charge is 0.159 e. The van der Waals surface area contributed by atoms with Gasteiger partial charge in [0, 0.05) is 5.56 Å². The highest BCUT2D eigenvalue weighted by Crippen LogP contribution is 2.19. The van der Waals surface area contributed by atoms with Crippen molar-refractivity contribution < 1.29 is 4.74 Å². The fourth-order valence-electron chi connectivity index (χ4n) is 3.55. The summed E-state index contributed by atoms with van der Waals surface area (Å²) < 4.78 is 5.85. The van der Waals surface area contributed by atoms with E-state index in [1.165, 1.54) is 49.7 Å². The van der Waals surface area contributed by atoms with Gasteiger partial charge in [0.05, 0.1) is 12.4 Å². The van der Waals surface area contributed by atoms with Crippen molar-refractivity contribution in [3.05, 3.63) is 77.6 Å². The number of benzene rings is 2. The Balaban J connectivity index is 1.48. The van der Waals surface area contributed by atoms with E-state index in [2.05, 4.69) is 72.3 Å². The first-order valence-corrected chi connectivity index (χ1v) is 11.4. The molecule has 0 amide bonds. The molecule has 0 atom stereocenters. The zero-order chi connectivity index (χ0) is 21.0. The van der Waals surface area contributed by atoms with Crippen LogP contribution < -0.4 is 4.74 Å². The molecular formula is C27H34N2O. The molecule has 0 spiro atoms. The molecule has 3 heteroatoms. The van der Waals surface area contributed by atoms with Crippen molar-refractivity contribution in [2.75, 3.05) is 0 Å². The minimum atomic E-state index is 0.530. The van der Waals surface area contributed by atoms with Gasteiger partial charge in [-0.1, -0.05) is 94.5 Å². The Hall–Kier alpha value is -2.68. The Kier molecular flexibility index (Phi) is 8.89. The summed E-state index contributed by atoms with van der Waals surface area (Å²) in [5.41, 5.74) is 4.96. The highest BCUT2D eigenvalue weighted by atomic mass is 16.5. The van der Waals surface area contributed by atoms with Gasteiger partial charge in [0.1, 0.15) is 6.61 Å². The molecule has 0 aliphatic rings. The van der Waals surface area contributed by atoms with Gasteiger partial charge in [-0.05, 0) is 36.0 Å². The number of aromatic nitrogens is 2. The normalized spacial score (nSPS) is 10.9. The van der Waals surface area contributed by atoms with Crippen LogP contribution in [0.4, 0.5) is 0 Å². The van der Waals surface area contributed by atoms with Crippen molar-refractivity contribution >= 4 is 0 Å². The second-order valence-electron chi connectivity index (χ2n) is 7.96. The van der Waals surface area contributed by atoms with Crippen LogP contribution in [0.3, 0.4) is 0 Å². The van der Waals surface area contributed by atoms with Gasteiger partial charge in [0.15, 0.2) is 11.6 Å². The van der Waals surface area contributed by atoms with Gasteiger partial charge in [-0.25, -0.2) is 9.97 Å². The molecule has 3 rings (SSSR count). The summed E-state index contributed by atoms with van der Waals surface area (Å²) in [6.45, 7) is 4.98. The number of unbranched alkanes of at least 4 members (excludes halogenated alkanes) is 4. The summed E-state index contributed by atoms with van der Waals surface area (Å²) >= 11 is 0. The summed E-state index contributed by atoms with van der Waals surface area (Å²) in [4.78, 5) is 8.98. The van der Waals surface area contributed by atoms with Crippen molar-refractivity contribution in [3.8, 4) is 17.1 Å². The SMILES string of the molecule is CCCCCCCc1ccc(-c2ncc(OCc3ccc(CCC)cc3)cn2)cc1. The van der Waals surface area contributed by atoms with Crippen LogP contribution in [0.25, 0.3) is 11.4 Å². The minimum absolute atomic E-state index is 0.530. The monoisotopic (exact) mass is 402 g/mol. The van der Waals surface area contributed by atoms with E-state index in [1.807, 2.05) is 0 Å². The molecule has 3 nitrogen and oxygen atoms in total. The number of ether oxygens (including phenoxy) is 1. The van der Waals surface area contributed by atoms with Crippen LogP contribution in [0.15, 0.2) is 60.9 Å². The molecule has 0 radical (unpaired) electrons. The Morgan fingerprint density at radius 2 is 1.23 bits per heavy atom. The van der Waals surface area contributed by atoms with Gasteiger partial charge in [0.25, 0.3) is 0 Å². The van der Waals surface area contributed by atoms with Crippen LogP contribution in [0.2, 0.25) is 0 Å². The van der Waals surface area contributed by atoms with Crippen molar-refractivity contribution in [2.24, 2.45) is 0 Å². The molecule has 2 aromatic carbocycles. The van der Waals surface area contributed by atoms with Gasteiger partial charge < -0.3 is 4.74 Å². The van der Waals surface area contributed by atoms with E-state index >= 15 is 0 Å². The second-order valence-corrected chi connectivity index (χ2v) is 7.96. The van der Waals surface area contributed by atoms with Gasteiger partial charge in [-0.3, -0.25) is 0 Å². The lowest BCUT2D eigenvalue weighted by molar-refractivity contribution is 0.303. The Morgan fingerprint density at radius 3 is 1.90 bits per heavy atom. The number of aryl methyl sites for hydroxylation is 2. The van der Waals surface area contributed by atoms with Gasteiger partial charge in [-0.15, -0.1) is 0 Å². The maximum absolute atomic E-state index is 5.85. The maximum Gasteiger partial charge on any atom is 0.159 e. The van der Waals surface area contributed by atoms with Crippen molar-refractivity contribution in [2.45, 2.75) is 71.8 Å². The molecule has 0 N–H and O–H groups in total. The lowest BCUT2D eigenvalue weighted by Gasteiger charge is -2.08. The average molecular weight is 403 g/mol. The standard InChI is InChI=1S/C27H34N2O/c1-3-5-6-7-8-10-23-15-17-25(18-16-23)27-28-19-26(20-29-27)30-21-24-13-11-22(9-4-2)12-14-24/h11-20H,3-10,21H2,1-2H3. The van der Waals surface area contributed by atoms with Crippen LogP contribution in [-0.4, -0.2) is 9.97 Å². The van der Waals surface area contributed by atoms with Gasteiger partial charge >= 0.3 is 0 Å². The molecule has 1 heterocycles. The lowest BCUT2D eigenvalue weighted by atomic mass is 10.0. The van der Waals surface area contributed by atoms with Gasteiger partial charge in [0.2, 0.25) is 0 Å². The van der Waals surface area contributed by atoms with Crippen LogP contribution in [0.5, 0.6) is 5.75 Å². The highest BCUT2D eigenvalue weighted by Gasteiger charge is 2.04. The molecule has 3 aromatic rings. The largest absolute Gasteiger partial charge is 0.486 e. The quantitative estimate of drug-likeness (QED) is 0.301. The van der Waals surface area contributed by atoms with Gasteiger partial charge in [-0.2, -0.15) is 0 Å². The number of hydrogen-bond donors (Lipinski definition) is 0. The molecule has 1 aromatic heterocycles. The van der Waals surface area contributed by atoms with E-state index in [1.54, 1.807) is 12.4 Å². The van der Waals surface area contributed by atoms with E-state index in [-0.39, 0.29) is 0 Å². The number of hydrogen-bond acceptors (Lipinski definition) is 3. The number of rotatable bonds is 12. The summed E-state index contributed by atoms with van der Waals surface area (Å²) in [5, 5.41) is 0. The topological polar surface area (TPSA) is 35.0 Å². The number of nitrogens with zero attached hydrogens (tertiary/aromatic N) is 2. The van der Waals surface area contributed by atoms with E-state index in [0.717, 1.165) is 29.8 Å². The minimum Gasteiger partial charge on any atom is -0.486 e. The third-order valence-electron chi connectivity index (χ3n) is 5.38. The van der Waals surface area contributed by atoms with Crippen LogP contribution in [0.1, 0.15) is 69.1 Å². The summed E-state index contributed by atoms with van der Waals surface area (Å²) in [6.07, 6.45) is 13.5. The average Bonchev–Trinajstić information content (AvgIpc) is 2.79. The first kappa shape index (κ1) is 22.0. The molecule has 30 heavy (non-hydrogen) atoms. The molecule has 0 saturated heterocycles. The molecule has 0 aliphatic heterocycles. The molecule has 0 saturated carbocycles. The van der Waals surface area contributed by atoms with E-state index < -0.39 is 0 Å². The Morgan fingerprint density at radius 1 is 0.633 bits per heavy atom. The summed E-state index contributed by atoms with van der Waals surface area (Å²) in [6, 6.07) is 17.3. The molecular weight excluding hydrogens is 368 g/mol. The first-order chi connectivity index (χ1) is 14.8. The van der Waals surface area contributed by atoms with Crippen molar-refractivity contribution in [1.29, 1.82) is 0 Å². The predicted octanol–water partition coefficient (Wildman–Crippen LogP) is 7.19. The van der Waals surface area contributed by atoms with E-state index in [9.17, 15) is 0 Å². The van der Waals surface area contributed by atoms with Crippen LogP contribution in [0, 0.1) is 0 Å². The Labute approximate surface area is 181 Å². The Bertz CT molecular complexity index is 855. The zero-order valence-corrected chi connectivity index (χ0v) is 18.4. The molecule has 0 aliphatic carbocycles. The molecule has 0 fully saturated rings. The fraction of sp³-hybridized carbons (Fsp3) is 0.407. The second kappa shape index (κ2) is 12.1. The maximum atomic E-state index is 5.85. The highest BCUT2D eigenvalue weighted by molar-refractivity contribution is 5.55. The van der Waals surface area contributed by atoms with Crippen LogP contribution >= 0.6 is 0 Å². The molecule has 0 bridgehead atoms. The first-order valence-electron chi connectivity index (χ1n) is 11.4. The lowest BCUT2D eigenvalue weighted by Crippen LogP contribution is -1.98. The van der Waals surface area contributed by atoms with Crippen molar-refractivity contribution in [1.82, 2.24) is 9.97 Å². The van der Waals surface area contributed by atoms with Crippen LogP contribution in [-0.2, 0) is 19.4 Å². The summed E-state index contributed by atoms with van der Waals surface area (Å²) in [7, 11) is 0. The van der Waals surface area contributed by atoms with E-state index in [4.69, 9.17) is 4.74 Å². The predicted molar refractivity (Wildman–Crippen MR) is 125 cm³/mol. The zero-order valence-electron chi connectivity index (χ0n) is 18.4. The molecule has 158 valence electrons. The fourth-order valence-corrected chi connectivity index (χ4v) is 3.55. The molecule has 0 unspecified atom stereocenters.